The van der Waals surface area contributed by atoms with Gasteiger partial charge in [0.2, 0.25) is 0 Å². The van der Waals surface area contributed by atoms with E-state index < -0.39 is 27.7 Å². The molecule has 18 heavy (non-hydrogen) atoms. The van der Waals surface area contributed by atoms with Crippen molar-refractivity contribution >= 4 is 10.0 Å². The van der Waals surface area contributed by atoms with E-state index in [-0.39, 0.29) is 6.42 Å². The second-order valence-corrected chi connectivity index (χ2v) is 5.72. The molecule has 0 heterocycles. The van der Waals surface area contributed by atoms with Gasteiger partial charge in [-0.25, -0.2) is 8.42 Å². The molecule has 8 heteroatoms. The molecule has 0 amide bonds. The predicted molar refractivity (Wildman–Crippen MR) is 57.0 cm³/mol. The lowest BCUT2D eigenvalue weighted by Crippen LogP contribution is -2.41. The highest BCUT2D eigenvalue weighted by Crippen LogP contribution is 2.34. The summed E-state index contributed by atoms with van der Waals surface area (Å²) in [5.74, 6) is 0. The highest BCUT2D eigenvalue weighted by atomic mass is 32.2. The van der Waals surface area contributed by atoms with Crippen molar-refractivity contribution in [2.24, 2.45) is 0 Å². The Balaban J connectivity index is 2.31. The molecule has 1 aliphatic rings. The normalized spacial score (nSPS) is 24.0. The number of sulfonamides is 1. The van der Waals surface area contributed by atoms with E-state index in [1.54, 1.807) is 18.2 Å². The highest BCUT2D eigenvalue weighted by molar-refractivity contribution is 7.90. The number of hydrogen-bond donors (Lipinski definition) is 2. The molecule has 2 rings (SSSR count). The van der Waals surface area contributed by atoms with Gasteiger partial charge in [0.15, 0.2) is 0 Å². The number of fused-ring (bicyclic) bond motifs is 1. The van der Waals surface area contributed by atoms with Crippen molar-refractivity contribution in [2.45, 2.75) is 24.1 Å². The van der Waals surface area contributed by atoms with Crippen LogP contribution in [0.25, 0.3) is 0 Å². The lowest BCUT2D eigenvalue weighted by molar-refractivity contribution is -0.0455. The monoisotopic (exact) mass is 281 g/mol. The summed E-state index contributed by atoms with van der Waals surface area (Å²) in [5, 5.41) is 9.65. The van der Waals surface area contributed by atoms with Crippen LogP contribution < -0.4 is 4.72 Å². The largest absolute Gasteiger partial charge is 0.511 e. The number of aliphatic hydroxyl groups is 1. The zero-order chi connectivity index (χ0) is 13.6. The Bertz CT molecular complexity index is 556. The molecule has 0 aliphatic heterocycles. The molecule has 1 aromatic rings. The van der Waals surface area contributed by atoms with E-state index in [9.17, 15) is 26.7 Å². The van der Waals surface area contributed by atoms with Crippen molar-refractivity contribution in [2.75, 3.05) is 0 Å². The number of hydrogen-bond acceptors (Lipinski definition) is 3. The topological polar surface area (TPSA) is 66.4 Å². The van der Waals surface area contributed by atoms with Gasteiger partial charge in [0.1, 0.15) is 0 Å². The first-order valence-corrected chi connectivity index (χ1v) is 6.55. The van der Waals surface area contributed by atoms with Crippen LogP contribution in [0.2, 0.25) is 0 Å². The maximum Gasteiger partial charge on any atom is 0.511 e. The summed E-state index contributed by atoms with van der Waals surface area (Å²) in [7, 11) is -5.47. The summed E-state index contributed by atoms with van der Waals surface area (Å²) >= 11 is 0. The third kappa shape index (κ3) is 2.23. The minimum absolute atomic E-state index is 0.126. The Labute approximate surface area is 101 Å². The van der Waals surface area contributed by atoms with Crippen LogP contribution in [-0.2, 0) is 16.4 Å². The number of halogens is 3. The predicted octanol–water partition coefficient (Wildman–Crippen LogP) is 1.08. The van der Waals surface area contributed by atoms with Crippen molar-refractivity contribution in [3.05, 3.63) is 35.4 Å². The van der Waals surface area contributed by atoms with Gasteiger partial charge in [0.05, 0.1) is 12.1 Å². The van der Waals surface area contributed by atoms with E-state index in [0.717, 1.165) is 0 Å². The van der Waals surface area contributed by atoms with Crippen LogP contribution in [0, 0.1) is 0 Å². The molecule has 0 spiro atoms. The van der Waals surface area contributed by atoms with Crippen LogP contribution in [0.5, 0.6) is 0 Å². The second-order valence-electron chi connectivity index (χ2n) is 4.01. The van der Waals surface area contributed by atoms with Gasteiger partial charge in [0.25, 0.3) is 0 Å². The molecule has 0 unspecified atom stereocenters. The van der Waals surface area contributed by atoms with Crippen LogP contribution in [-0.4, -0.2) is 25.1 Å². The molecule has 0 bridgehead atoms. The van der Waals surface area contributed by atoms with Crippen molar-refractivity contribution < 1.29 is 26.7 Å². The molecule has 1 aliphatic carbocycles. The molecule has 1 aromatic carbocycles. The van der Waals surface area contributed by atoms with Gasteiger partial charge in [-0.05, 0) is 11.1 Å². The van der Waals surface area contributed by atoms with Crippen LogP contribution >= 0.6 is 0 Å². The minimum Gasteiger partial charge on any atom is -0.391 e. The van der Waals surface area contributed by atoms with E-state index in [2.05, 4.69) is 0 Å². The maximum atomic E-state index is 12.3. The molecule has 2 atom stereocenters. The number of benzene rings is 1. The molecule has 4 nitrogen and oxygen atoms in total. The van der Waals surface area contributed by atoms with Crippen molar-refractivity contribution in [3.8, 4) is 0 Å². The van der Waals surface area contributed by atoms with Crippen molar-refractivity contribution in [1.82, 2.24) is 4.72 Å². The summed E-state index contributed by atoms with van der Waals surface area (Å²) < 4.78 is 60.3. The van der Waals surface area contributed by atoms with E-state index in [1.807, 2.05) is 0 Å². The smallest absolute Gasteiger partial charge is 0.391 e. The van der Waals surface area contributed by atoms with Gasteiger partial charge in [0, 0.05) is 6.42 Å². The van der Waals surface area contributed by atoms with E-state index >= 15 is 0 Å². The Kier molecular flexibility index (Phi) is 3.12. The SMILES string of the molecule is O=S(=O)(N[C@H]1c2ccccc2C[C@H]1O)C(F)(F)F. The van der Waals surface area contributed by atoms with E-state index in [0.29, 0.717) is 11.1 Å². The Morgan fingerprint density at radius 1 is 1.28 bits per heavy atom. The number of alkyl halides is 3. The second kappa shape index (κ2) is 4.22. The molecular weight excluding hydrogens is 271 g/mol. The summed E-state index contributed by atoms with van der Waals surface area (Å²) in [6, 6.07) is 5.13. The van der Waals surface area contributed by atoms with Crippen molar-refractivity contribution in [1.29, 1.82) is 0 Å². The fourth-order valence-corrected chi connectivity index (χ4v) is 2.70. The zero-order valence-corrected chi connectivity index (χ0v) is 9.79. The van der Waals surface area contributed by atoms with Crippen LogP contribution in [0.4, 0.5) is 13.2 Å². The third-order valence-corrected chi connectivity index (χ3v) is 3.96. The number of rotatable bonds is 2. The Hall–Kier alpha value is -1.12. The van der Waals surface area contributed by atoms with Gasteiger partial charge in [-0.1, -0.05) is 24.3 Å². The average Bonchev–Trinajstić information content (AvgIpc) is 2.54. The van der Waals surface area contributed by atoms with E-state index in [1.165, 1.54) is 10.8 Å². The minimum atomic E-state index is -5.47. The average molecular weight is 281 g/mol. The molecular formula is C10H10F3NO3S. The molecule has 2 N–H and O–H groups in total. The van der Waals surface area contributed by atoms with Gasteiger partial charge in [-0.2, -0.15) is 17.9 Å². The fourth-order valence-electron chi connectivity index (χ4n) is 1.95. The Morgan fingerprint density at radius 3 is 2.50 bits per heavy atom. The lowest BCUT2D eigenvalue weighted by Gasteiger charge is -2.18. The van der Waals surface area contributed by atoms with Crippen LogP contribution in [0.15, 0.2) is 24.3 Å². The van der Waals surface area contributed by atoms with E-state index in [4.69, 9.17) is 0 Å². The number of nitrogens with one attached hydrogen (secondary N) is 1. The molecule has 0 radical (unpaired) electrons. The molecule has 0 fully saturated rings. The third-order valence-electron chi connectivity index (χ3n) is 2.79. The van der Waals surface area contributed by atoms with Gasteiger partial charge in [-0.15, -0.1) is 0 Å². The van der Waals surface area contributed by atoms with Gasteiger partial charge in [-0.3, -0.25) is 0 Å². The van der Waals surface area contributed by atoms with Gasteiger partial charge < -0.3 is 5.11 Å². The number of aliphatic hydroxyl groups excluding tert-OH is 1. The Morgan fingerprint density at radius 2 is 1.89 bits per heavy atom. The summed E-state index contributed by atoms with van der Waals surface area (Å²) in [6.07, 6.45) is -1.07. The first kappa shape index (κ1) is 13.3. The summed E-state index contributed by atoms with van der Waals surface area (Å²) in [5.41, 5.74) is -4.37. The molecule has 0 aromatic heterocycles. The summed E-state index contributed by atoms with van der Waals surface area (Å²) in [4.78, 5) is 0. The molecule has 100 valence electrons. The first-order valence-electron chi connectivity index (χ1n) is 5.07. The quantitative estimate of drug-likeness (QED) is 0.852. The standard InChI is InChI=1S/C10H10F3NO3S/c11-10(12,13)18(16,17)14-9-7-4-2-1-3-6(7)5-8(9)15/h1-4,8-9,14-15H,5H2/t8-,9+/m1/s1. The first-order chi connectivity index (χ1) is 8.22. The lowest BCUT2D eigenvalue weighted by atomic mass is 10.1. The van der Waals surface area contributed by atoms with Crippen molar-refractivity contribution in [3.63, 3.8) is 0 Å². The summed E-state index contributed by atoms with van der Waals surface area (Å²) in [6.45, 7) is 0. The zero-order valence-electron chi connectivity index (χ0n) is 8.98. The maximum absolute atomic E-state index is 12.3. The van der Waals surface area contributed by atoms with Crippen LogP contribution in [0.3, 0.4) is 0 Å². The van der Waals surface area contributed by atoms with Crippen LogP contribution in [0.1, 0.15) is 17.2 Å². The van der Waals surface area contributed by atoms with Gasteiger partial charge >= 0.3 is 15.5 Å². The molecule has 0 saturated heterocycles. The molecule has 0 saturated carbocycles. The highest BCUT2D eigenvalue weighted by Gasteiger charge is 2.48. The fraction of sp³-hybridized carbons (Fsp3) is 0.400.